The number of H-pyrrole nitrogens is 1. The number of hydrogen-bond acceptors (Lipinski definition) is 5. The van der Waals surface area contributed by atoms with E-state index in [4.69, 9.17) is 16.3 Å². The van der Waals surface area contributed by atoms with Gasteiger partial charge in [0.2, 0.25) is 0 Å². The Morgan fingerprint density at radius 1 is 1.13 bits per heavy atom. The summed E-state index contributed by atoms with van der Waals surface area (Å²) in [6, 6.07) is 13.4. The number of halogens is 1. The molecular formula is C31H34ClN3O4. The minimum Gasteiger partial charge on any atom is -0.451 e. The van der Waals surface area contributed by atoms with E-state index in [1.807, 2.05) is 57.2 Å². The molecule has 0 radical (unpaired) electrons. The summed E-state index contributed by atoms with van der Waals surface area (Å²) in [5.41, 5.74) is 5.33. The number of nitrogens with one attached hydrogen (secondary N) is 2. The molecule has 2 heterocycles. The summed E-state index contributed by atoms with van der Waals surface area (Å²) >= 11 is 6.54. The molecule has 0 unspecified atom stereocenters. The first-order chi connectivity index (χ1) is 18.6. The van der Waals surface area contributed by atoms with E-state index in [-0.39, 0.29) is 30.0 Å². The Kier molecular flexibility index (Phi) is 7.29. The van der Waals surface area contributed by atoms with E-state index in [2.05, 4.69) is 22.1 Å². The van der Waals surface area contributed by atoms with Gasteiger partial charge in [-0.25, -0.2) is 4.79 Å². The second-order valence-electron chi connectivity index (χ2n) is 10.7. The van der Waals surface area contributed by atoms with Gasteiger partial charge in [-0.2, -0.15) is 0 Å². The van der Waals surface area contributed by atoms with Gasteiger partial charge in [0.05, 0.1) is 5.56 Å². The highest BCUT2D eigenvalue weighted by molar-refractivity contribution is 6.31. The smallest absolute Gasteiger partial charge is 0.339 e. The van der Waals surface area contributed by atoms with Crippen molar-refractivity contribution in [3.8, 4) is 0 Å². The molecule has 1 aliphatic carbocycles. The van der Waals surface area contributed by atoms with Crippen molar-refractivity contribution >= 4 is 29.2 Å². The Bertz CT molecular complexity index is 1500. The molecule has 0 atom stereocenters. The minimum atomic E-state index is -0.552. The van der Waals surface area contributed by atoms with Gasteiger partial charge in [0.1, 0.15) is 5.60 Å². The Hall–Kier alpha value is -3.58. The van der Waals surface area contributed by atoms with E-state index >= 15 is 0 Å². The lowest BCUT2D eigenvalue weighted by Gasteiger charge is -2.42. The molecule has 1 saturated carbocycles. The van der Waals surface area contributed by atoms with Crippen LogP contribution < -0.4 is 15.8 Å². The van der Waals surface area contributed by atoms with Gasteiger partial charge in [-0.05, 0) is 88.8 Å². The van der Waals surface area contributed by atoms with Gasteiger partial charge in [-0.3, -0.25) is 9.59 Å². The monoisotopic (exact) mass is 547 g/mol. The molecule has 7 nitrogen and oxygen atoms in total. The van der Waals surface area contributed by atoms with Crippen molar-refractivity contribution in [2.75, 3.05) is 11.4 Å². The van der Waals surface area contributed by atoms with Crippen LogP contribution in [0.3, 0.4) is 0 Å². The second-order valence-corrected chi connectivity index (χ2v) is 11.1. The van der Waals surface area contributed by atoms with Crippen LogP contribution in [0.25, 0.3) is 0 Å². The number of amides is 1. The molecule has 39 heavy (non-hydrogen) atoms. The van der Waals surface area contributed by atoms with Gasteiger partial charge in [0, 0.05) is 52.2 Å². The van der Waals surface area contributed by atoms with Gasteiger partial charge in [-0.1, -0.05) is 29.8 Å². The molecule has 1 fully saturated rings. The molecular weight excluding hydrogens is 514 g/mol. The Morgan fingerprint density at radius 3 is 2.54 bits per heavy atom. The molecule has 2 aromatic carbocycles. The number of benzene rings is 2. The normalized spacial score (nSPS) is 20.0. The summed E-state index contributed by atoms with van der Waals surface area (Å²) < 4.78 is 5.95. The van der Waals surface area contributed by atoms with Gasteiger partial charge in [-0.15, -0.1) is 0 Å². The highest BCUT2D eigenvalue weighted by Gasteiger charge is 2.48. The van der Waals surface area contributed by atoms with E-state index in [1.54, 1.807) is 6.07 Å². The summed E-state index contributed by atoms with van der Waals surface area (Å²) in [4.78, 5) is 43.3. The van der Waals surface area contributed by atoms with Crippen LogP contribution >= 0.6 is 11.6 Å². The number of carbonyl (C=O) groups excluding carboxylic acids is 2. The summed E-state index contributed by atoms with van der Waals surface area (Å²) in [5, 5.41) is 3.39. The highest BCUT2D eigenvalue weighted by atomic mass is 35.5. The standard InChI is InChI=1S/C31H34ClN3O4/c1-5-35(22-10-12-31(13-11-22)26-9-7-6-8-23(26)30(38)39-31)27-16-21(32)15-24(20(27)4)28(36)33-17-25-18(2)14-19(3)34-29(25)37/h6-9,14-16,22H,5,10-13,17H2,1-4H3,(H,33,36)(H,34,37). The number of aromatic amines is 1. The minimum absolute atomic E-state index is 0.129. The lowest BCUT2D eigenvalue weighted by molar-refractivity contribution is -0.0308. The van der Waals surface area contributed by atoms with Crippen LogP contribution in [0.2, 0.25) is 5.02 Å². The van der Waals surface area contributed by atoms with Crippen LogP contribution in [0, 0.1) is 20.8 Å². The number of fused-ring (bicyclic) bond motifs is 2. The number of pyridine rings is 1. The van der Waals surface area contributed by atoms with Gasteiger partial charge in [0.25, 0.3) is 11.5 Å². The van der Waals surface area contributed by atoms with Crippen LogP contribution in [0.15, 0.2) is 47.3 Å². The summed E-state index contributed by atoms with van der Waals surface area (Å²) in [7, 11) is 0. The average Bonchev–Trinajstić information content (AvgIpc) is 3.17. The van der Waals surface area contributed by atoms with E-state index in [0.29, 0.717) is 21.7 Å². The van der Waals surface area contributed by atoms with Crippen LogP contribution in [0.4, 0.5) is 5.69 Å². The average molecular weight is 548 g/mol. The number of esters is 1. The number of carbonyl (C=O) groups is 2. The zero-order valence-corrected chi connectivity index (χ0v) is 23.6. The first-order valence-electron chi connectivity index (χ1n) is 13.5. The summed E-state index contributed by atoms with van der Waals surface area (Å²) in [6.07, 6.45) is 3.18. The molecule has 0 bridgehead atoms. The van der Waals surface area contributed by atoms with Crippen molar-refractivity contribution in [2.45, 2.75) is 71.6 Å². The first-order valence-corrected chi connectivity index (χ1v) is 13.9. The van der Waals surface area contributed by atoms with Gasteiger partial charge >= 0.3 is 5.97 Å². The zero-order valence-electron chi connectivity index (χ0n) is 22.8. The van der Waals surface area contributed by atoms with Crippen molar-refractivity contribution in [1.29, 1.82) is 0 Å². The lowest BCUT2D eigenvalue weighted by atomic mass is 9.77. The molecule has 8 heteroatoms. The number of aryl methyl sites for hydroxylation is 2. The van der Waals surface area contributed by atoms with Crippen molar-refractivity contribution in [1.82, 2.24) is 10.3 Å². The maximum atomic E-state index is 13.3. The topological polar surface area (TPSA) is 91.5 Å². The number of rotatable bonds is 6. The molecule has 1 aromatic heterocycles. The molecule has 1 aliphatic heterocycles. The fourth-order valence-electron chi connectivity index (χ4n) is 6.29. The number of ether oxygens (including phenoxy) is 1. The Labute approximate surface area is 233 Å². The predicted octanol–water partition coefficient (Wildman–Crippen LogP) is 5.72. The van der Waals surface area contributed by atoms with E-state index < -0.39 is 5.60 Å². The number of anilines is 1. The van der Waals surface area contributed by atoms with Crippen LogP contribution in [-0.2, 0) is 16.9 Å². The quantitative estimate of drug-likeness (QED) is 0.385. The molecule has 2 aliphatic rings. The Balaban J connectivity index is 1.35. The molecule has 1 amide bonds. The maximum Gasteiger partial charge on any atom is 0.339 e. The maximum absolute atomic E-state index is 13.3. The van der Waals surface area contributed by atoms with E-state index in [1.165, 1.54) is 0 Å². The van der Waals surface area contributed by atoms with Crippen molar-refractivity contribution in [3.63, 3.8) is 0 Å². The van der Waals surface area contributed by atoms with Gasteiger partial charge < -0.3 is 19.9 Å². The Morgan fingerprint density at radius 2 is 1.85 bits per heavy atom. The van der Waals surface area contributed by atoms with Crippen LogP contribution in [0.5, 0.6) is 0 Å². The second kappa shape index (κ2) is 10.5. The molecule has 3 aromatic rings. The molecule has 204 valence electrons. The summed E-state index contributed by atoms with van der Waals surface area (Å²) in [5.74, 6) is -0.510. The van der Waals surface area contributed by atoms with Crippen molar-refractivity contribution < 1.29 is 14.3 Å². The fourth-order valence-corrected chi connectivity index (χ4v) is 6.50. The van der Waals surface area contributed by atoms with Gasteiger partial charge in [0.15, 0.2) is 0 Å². The highest BCUT2D eigenvalue weighted by Crippen LogP contribution is 2.48. The predicted molar refractivity (Wildman–Crippen MR) is 153 cm³/mol. The van der Waals surface area contributed by atoms with Crippen LogP contribution in [0.1, 0.15) is 81.3 Å². The third-order valence-electron chi connectivity index (χ3n) is 8.29. The largest absolute Gasteiger partial charge is 0.451 e. The first kappa shape index (κ1) is 27.0. The number of nitrogens with zero attached hydrogens (tertiary/aromatic N) is 1. The molecule has 1 spiro atoms. The molecule has 2 N–H and O–H groups in total. The number of aromatic nitrogens is 1. The third-order valence-corrected chi connectivity index (χ3v) is 8.51. The molecule has 5 rings (SSSR count). The van der Waals surface area contributed by atoms with Crippen LogP contribution in [-0.4, -0.2) is 29.4 Å². The van der Waals surface area contributed by atoms with E-state index in [9.17, 15) is 14.4 Å². The van der Waals surface area contributed by atoms with Crippen molar-refractivity contribution in [2.24, 2.45) is 0 Å². The fraction of sp³-hybridized carbons (Fsp3) is 0.387. The third kappa shape index (κ3) is 4.96. The lowest BCUT2D eigenvalue weighted by Crippen LogP contribution is -2.43. The zero-order chi connectivity index (χ0) is 27.9. The van der Waals surface area contributed by atoms with E-state index in [0.717, 1.165) is 60.3 Å². The summed E-state index contributed by atoms with van der Waals surface area (Å²) in [6.45, 7) is 8.61. The molecule has 0 saturated heterocycles. The SMILES string of the molecule is CCN(c1cc(Cl)cc(C(=O)NCc2c(C)cc(C)[nH]c2=O)c1C)C1CCC2(CC1)OC(=O)c1ccccc12. The van der Waals surface area contributed by atoms with Crippen molar-refractivity contribution in [3.05, 3.63) is 96.9 Å². The number of hydrogen-bond donors (Lipinski definition) is 2.